The van der Waals surface area contributed by atoms with E-state index in [4.69, 9.17) is 0 Å². The highest BCUT2D eigenvalue weighted by molar-refractivity contribution is 5.32. The lowest BCUT2D eigenvalue weighted by molar-refractivity contribution is 0.569. The lowest BCUT2D eigenvalue weighted by Gasteiger charge is -2.20. The Kier molecular flexibility index (Phi) is 5.84. The Morgan fingerprint density at radius 2 is 1.29 bits per heavy atom. The van der Waals surface area contributed by atoms with Crippen LogP contribution in [-0.4, -0.2) is 19.6 Å². The van der Waals surface area contributed by atoms with Gasteiger partial charge in [0.05, 0.1) is 6.04 Å². The van der Waals surface area contributed by atoms with Crippen LogP contribution in [0.2, 0.25) is 0 Å². The molecule has 21 heavy (non-hydrogen) atoms. The quantitative estimate of drug-likeness (QED) is 0.765. The Morgan fingerprint density at radius 3 is 1.71 bits per heavy atom. The van der Waals surface area contributed by atoms with Crippen molar-refractivity contribution in [3.05, 3.63) is 71.3 Å². The molecule has 0 unspecified atom stereocenters. The lowest BCUT2D eigenvalue weighted by atomic mass is 9.98. The summed E-state index contributed by atoms with van der Waals surface area (Å²) in [5.41, 5.74) is 1.92. The fraction of sp³-hybridized carbons (Fsp3) is 0.294. The van der Waals surface area contributed by atoms with Crippen molar-refractivity contribution in [2.75, 3.05) is 19.6 Å². The van der Waals surface area contributed by atoms with Crippen LogP contribution in [0, 0.1) is 11.6 Å². The predicted octanol–water partition coefficient (Wildman–Crippen LogP) is 3.25. The maximum atomic E-state index is 13.1. The predicted molar refractivity (Wildman–Crippen MR) is 81.2 cm³/mol. The molecule has 2 aromatic rings. The van der Waals surface area contributed by atoms with Crippen molar-refractivity contribution in [2.45, 2.75) is 13.0 Å². The van der Waals surface area contributed by atoms with E-state index in [1.54, 1.807) is 24.3 Å². The molecule has 112 valence electrons. The average molecular weight is 290 g/mol. The Bertz CT molecular complexity index is 492. The molecule has 2 rings (SSSR count). The van der Waals surface area contributed by atoms with Crippen molar-refractivity contribution in [1.29, 1.82) is 0 Å². The first kappa shape index (κ1) is 15.6. The number of likely N-dealkylation sites (N-methyl/N-ethyl adjacent to an activating group) is 1. The average Bonchev–Trinajstić information content (AvgIpc) is 2.50. The first-order chi connectivity index (χ1) is 10.2. The molecule has 4 heteroatoms. The van der Waals surface area contributed by atoms with Gasteiger partial charge in [-0.2, -0.15) is 0 Å². The molecular weight excluding hydrogens is 270 g/mol. The van der Waals surface area contributed by atoms with Crippen LogP contribution in [0.4, 0.5) is 8.78 Å². The second-order valence-electron chi connectivity index (χ2n) is 4.84. The topological polar surface area (TPSA) is 24.1 Å². The van der Waals surface area contributed by atoms with Crippen LogP contribution in [0.25, 0.3) is 0 Å². The van der Waals surface area contributed by atoms with E-state index in [-0.39, 0.29) is 17.7 Å². The van der Waals surface area contributed by atoms with Gasteiger partial charge in [-0.25, -0.2) is 8.78 Å². The van der Waals surface area contributed by atoms with Gasteiger partial charge in [-0.1, -0.05) is 31.2 Å². The van der Waals surface area contributed by atoms with Crippen LogP contribution >= 0.6 is 0 Å². The highest BCUT2D eigenvalue weighted by Gasteiger charge is 2.13. The van der Waals surface area contributed by atoms with E-state index >= 15 is 0 Å². The van der Waals surface area contributed by atoms with Gasteiger partial charge in [-0.05, 0) is 41.9 Å². The Balaban J connectivity index is 2.17. The molecule has 0 aromatic heterocycles. The number of hydrogen-bond donors (Lipinski definition) is 2. The second kappa shape index (κ2) is 7.86. The van der Waals surface area contributed by atoms with E-state index in [1.165, 1.54) is 24.3 Å². The minimum absolute atomic E-state index is 0.0788. The summed E-state index contributed by atoms with van der Waals surface area (Å²) < 4.78 is 26.2. The molecule has 0 fully saturated rings. The molecule has 0 amide bonds. The highest BCUT2D eigenvalue weighted by Crippen LogP contribution is 2.22. The van der Waals surface area contributed by atoms with Crippen molar-refractivity contribution in [1.82, 2.24) is 10.6 Å². The standard InChI is InChI=1S/C17H20F2N2/c1-2-20-11-12-21-17(13-3-7-15(18)8-4-13)14-5-9-16(19)10-6-14/h3-10,17,20-21H,2,11-12H2,1H3. The number of halogens is 2. The maximum absolute atomic E-state index is 13.1. The summed E-state index contributed by atoms with van der Waals surface area (Å²) in [5.74, 6) is -0.520. The summed E-state index contributed by atoms with van der Waals surface area (Å²) in [5, 5.41) is 6.66. The molecule has 0 saturated heterocycles. The van der Waals surface area contributed by atoms with Gasteiger partial charge >= 0.3 is 0 Å². The molecule has 0 bridgehead atoms. The summed E-state index contributed by atoms with van der Waals surface area (Å²) in [6.07, 6.45) is 0. The Labute approximate surface area is 124 Å². The number of benzene rings is 2. The zero-order valence-electron chi connectivity index (χ0n) is 12.1. The number of hydrogen-bond acceptors (Lipinski definition) is 2. The van der Waals surface area contributed by atoms with Crippen LogP contribution in [0.5, 0.6) is 0 Å². The van der Waals surface area contributed by atoms with Crippen molar-refractivity contribution in [3.63, 3.8) is 0 Å². The molecule has 2 aromatic carbocycles. The van der Waals surface area contributed by atoms with Gasteiger partial charge in [-0.3, -0.25) is 0 Å². The summed E-state index contributed by atoms with van der Waals surface area (Å²) >= 11 is 0. The van der Waals surface area contributed by atoms with E-state index in [0.717, 1.165) is 30.8 Å². The third kappa shape index (κ3) is 4.62. The molecule has 0 atom stereocenters. The van der Waals surface area contributed by atoms with Crippen molar-refractivity contribution in [2.24, 2.45) is 0 Å². The molecule has 0 radical (unpaired) electrons. The highest BCUT2D eigenvalue weighted by atomic mass is 19.1. The van der Waals surface area contributed by atoms with Crippen molar-refractivity contribution >= 4 is 0 Å². The van der Waals surface area contributed by atoms with Gasteiger partial charge < -0.3 is 10.6 Å². The van der Waals surface area contributed by atoms with E-state index < -0.39 is 0 Å². The molecule has 0 aliphatic rings. The van der Waals surface area contributed by atoms with E-state index in [2.05, 4.69) is 17.6 Å². The van der Waals surface area contributed by atoms with Crippen LogP contribution < -0.4 is 10.6 Å². The maximum Gasteiger partial charge on any atom is 0.123 e. The molecule has 0 heterocycles. The summed E-state index contributed by atoms with van der Waals surface area (Å²) in [7, 11) is 0. The SMILES string of the molecule is CCNCCNC(c1ccc(F)cc1)c1ccc(F)cc1. The molecule has 2 nitrogen and oxygen atoms in total. The van der Waals surface area contributed by atoms with Crippen molar-refractivity contribution < 1.29 is 8.78 Å². The van der Waals surface area contributed by atoms with E-state index in [1.807, 2.05) is 0 Å². The Hall–Kier alpha value is -1.78. The minimum atomic E-state index is -0.260. The van der Waals surface area contributed by atoms with Crippen LogP contribution in [-0.2, 0) is 0 Å². The van der Waals surface area contributed by atoms with E-state index in [0.29, 0.717) is 0 Å². The zero-order chi connectivity index (χ0) is 15.1. The zero-order valence-corrected chi connectivity index (χ0v) is 12.1. The second-order valence-corrected chi connectivity index (χ2v) is 4.84. The normalized spacial score (nSPS) is 11.0. The van der Waals surface area contributed by atoms with Crippen LogP contribution in [0.3, 0.4) is 0 Å². The van der Waals surface area contributed by atoms with Gasteiger partial charge in [0.25, 0.3) is 0 Å². The first-order valence-electron chi connectivity index (χ1n) is 7.15. The molecule has 0 aliphatic carbocycles. The Morgan fingerprint density at radius 1 is 0.810 bits per heavy atom. The summed E-state index contributed by atoms with van der Waals surface area (Å²) in [6.45, 7) is 4.58. The lowest BCUT2D eigenvalue weighted by Crippen LogP contribution is -2.30. The minimum Gasteiger partial charge on any atom is -0.316 e. The first-order valence-corrected chi connectivity index (χ1v) is 7.15. The summed E-state index contributed by atoms with van der Waals surface area (Å²) in [4.78, 5) is 0. The monoisotopic (exact) mass is 290 g/mol. The third-order valence-corrected chi connectivity index (χ3v) is 3.31. The van der Waals surface area contributed by atoms with E-state index in [9.17, 15) is 8.78 Å². The smallest absolute Gasteiger partial charge is 0.123 e. The fourth-order valence-electron chi connectivity index (χ4n) is 2.22. The van der Waals surface area contributed by atoms with Crippen LogP contribution in [0.15, 0.2) is 48.5 Å². The fourth-order valence-corrected chi connectivity index (χ4v) is 2.22. The van der Waals surface area contributed by atoms with Gasteiger partial charge in [-0.15, -0.1) is 0 Å². The van der Waals surface area contributed by atoms with Crippen LogP contribution in [0.1, 0.15) is 24.1 Å². The van der Waals surface area contributed by atoms with Crippen molar-refractivity contribution in [3.8, 4) is 0 Å². The molecule has 0 saturated carbocycles. The van der Waals surface area contributed by atoms with Gasteiger partial charge in [0.2, 0.25) is 0 Å². The number of nitrogens with one attached hydrogen (secondary N) is 2. The molecule has 0 aliphatic heterocycles. The largest absolute Gasteiger partial charge is 0.316 e. The summed E-state index contributed by atoms with van der Waals surface area (Å²) in [6, 6.07) is 12.7. The van der Waals surface area contributed by atoms with Gasteiger partial charge in [0.1, 0.15) is 11.6 Å². The number of rotatable bonds is 7. The van der Waals surface area contributed by atoms with Gasteiger partial charge in [0.15, 0.2) is 0 Å². The third-order valence-electron chi connectivity index (χ3n) is 3.31. The molecule has 0 spiro atoms. The molecular formula is C17H20F2N2. The molecule has 2 N–H and O–H groups in total. The van der Waals surface area contributed by atoms with Gasteiger partial charge in [0, 0.05) is 13.1 Å².